The fourth-order valence-electron chi connectivity index (χ4n) is 2.59. The maximum absolute atomic E-state index is 5.71. The van der Waals surface area contributed by atoms with Crippen molar-refractivity contribution in [3.8, 4) is 0 Å². The van der Waals surface area contributed by atoms with Crippen LogP contribution in [-0.4, -0.2) is 22.1 Å². The first-order valence-corrected chi connectivity index (χ1v) is 6.01. The van der Waals surface area contributed by atoms with Crippen molar-refractivity contribution in [2.45, 2.75) is 52.1 Å². The van der Waals surface area contributed by atoms with Gasteiger partial charge >= 0.3 is 0 Å². The molecule has 1 saturated heterocycles. The van der Waals surface area contributed by atoms with Crippen molar-refractivity contribution in [1.82, 2.24) is 9.97 Å². The van der Waals surface area contributed by atoms with Gasteiger partial charge in [0.1, 0.15) is 5.82 Å². The van der Waals surface area contributed by atoms with Crippen LogP contribution in [0.5, 0.6) is 0 Å². The fourth-order valence-corrected chi connectivity index (χ4v) is 2.59. The summed E-state index contributed by atoms with van der Waals surface area (Å²) in [6.45, 7) is 6.44. The normalized spacial score (nSPS) is 25.1. The van der Waals surface area contributed by atoms with E-state index in [2.05, 4.69) is 28.7 Å². The van der Waals surface area contributed by atoms with Gasteiger partial charge in [0.25, 0.3) is 0 Å². The monoisotopic (exact) mass is 220 g/mol. The van der Waals surface area contributed by atoms with E-state index in [9.17, 15) is 0 Å². The number of anilines is 2. The van der Waals surface area contributed by atoms with Crippen LogP contribution in [0.4, 0.5) is 11.8 Å². The van der Waals surface area contributed by atoms with Crippen LogP contribution in [0.25, 0.3) is 0 Å². The van der Waals surface area contributed by atoms with Gasteiger partial charge in [0, 0.05) is 23.8 Å². The Bertz CT molecular complexity index is 357. The van der Waals surface area contributed by atoms with Crippen LogP contribution in [0.2, 0.25) is 0 Å². The smallest absolute Gasteiger partial charge is 0.222 e. The Hall–Kier alpha value is -1.32. The molecular formula is C12H20N4. The zero-order chi connectivity index (χ0) is 11.7. The molecule has 0 aromatic carbocycles. The quantitative estimate of drug-likeness (QED) is 0.829. The van der Waals surface area contributed by atoms with E-state index in [-0.39, 0.29) is 0 Å². The first-order valence-electron chi connectivity index (χ1n) is 6.01. The second kappa shape index (κ2) is 4.28. The van der Waals surface area contributed by atoms with E-state index in [0.717, 1.165) is 17.9 Å². The molecule has 0 amide bonds. The molecule has 2 rings (SSSR count). The number of rotatable bonds is 2. The summed E-state index contributed by atoms with van der Waals surface area (Å²) in [5, 5.41) is 0. The lowest BCUT2D eigenvalue weighted by Crippen LogP contribution is -2.35. The van der Waals surface area contributed by atoms with Gasteiger partial charge < -0.3 is 10.6 Å². The number of aryl methyl sites for hydroxylation is 1. The molecule has 16 heavy (non-hydrogen) atoms. The van der Waals surface area contributed by atoms with E-state index in [0.29, 0.717) is 18.0 Å². The summed E-state index contributed by atoms with van der Waals surface area (Å²) in [6.07, 6.45) is 3.65. The van der Waals surface area contributed by atoms with Crippen molar-refractivity contribution in [3.05, 3.63) is 11.8 Å². The van der Waals surface area contributed by atoms with Crippen LogP contribution < -0.4 is 10.6 Å². The van der Waals surface area contributed by atoms with E-state index in [4.69, 9.17) is 5.73 Å². The molecule has 4 nitrogen and oxygen atoms in total. The van der Waals surface area contributed by atoms with Gasteiger partial charge in [0.05, 0.1) is 0 Å². The second-order valence-electron chi connectivity index (χ2n) is 4.62. The zero-order valence-corrected chi connectivity index (χ0v) is 10.3. The average Bonchev–Trinajstić information content (AvgIpc) is 2.58. The van der Waals surface area contributed by atoms with E-state index in [1.54, 1.807) is 0 Å². The van der Waals surface area contributed by atoms with Gasteiger partial charge in [-0.15, -0.1) is 0 Å². The van der Waals surface area contributed by atoms with Gasteiger partial charge in [-0.3, -0.25) is 0 Å². The maximum Gasteiger partial charge on any atom is 0.222 e. The number of nitrogens with two attached hydrogens (primary N) is 1. The van der Waals surface area contributed by atoms with E-state index in [1.807, 2.05) is 13.0 Å². The number of hydrogen-bond donors (Lipinski definition) is 1. The lowest BCUT2D eigenvalue weighted by atomic mass is 10.1. The van der Waals surface area contributed by atoms with Crippen LogP contribution in [0.1, 0.15) is 38.8 Å². The third-order valence-corrected chi connectivity index (χ3v) is 3.38. The molecule has 1 aromatic heterocycles. The Labute approximate surface area is 96.9 Å². The zero-order valence-electron chi connectivity index (χ0n) is 10.3. The van der Waals surface area contributed by atoms with Gasteiger partial charge in [0.15, 0.2) is 0 Å². The molecule has 4 heteroatoms. The Morgan fingerprint density at radius 2 is 2.19 bits per heavy atom. The van der Waals surface area contributed by atoms with Gasteiger partial charge in [-0.05, 0) is 33.1 Å². The summed E-state index contributed by atoms with van der Waals surface area (Å²) < 4.78 is 0. The molecule has 0 aliphatic carbocycles. The van der Waals surface area contributed by atoms with Crippen molar-refractivity contribution in [3.63, 3.8) is 0 Å². The van der Waals surface area contributed by atoms with Gasteiger partial charge in [-0.25, -0.2) is 4.98 Å². The third kappa shape index (κ3) is 1.96. The van der Waals surface area contributed by atoms with Gasteiger partial charge in [-0.1, -0.05) is 6.92 Å². The molecule has 2 N–H and O–H groups in total. The van der Waals surface area contributed by atoms with Crippen molar-refractivity contribution in [2.75, 3.05) is 10.6 Å². The molecular weight excluding hydrogens is 200 g/mol. The number of nitrogens with zero attached hydrogens (tertiary/aromatic N) is 3. The van der Waals surface area contributed by atoms with Crippen LogP contribution in [0, 0.1) is 6.92 Å². The van der Waals surface area contributed by atoms with E-state index < -0.39 is 0 Å². The Morgan fingerprint density at radius 1 is 1.44 bits per heavy atom. The molecule has 0 spiro atoms. The predicted molar refractivity (Wildman–Crippen MR) is 66.4 cm³/mol. The first kappa shape index (κ1) is 11.2. The highest BCUT2D eigenvalue weighted by Crippen LogP contribution is 2.31. The molecule has 1 fully saturated rings. The van der Waals surface area contributed by atoms with Crippen molar-refractivity contribution in [1.29, 1.82) is 0 Å². The number of hydrogen-bond acceptors (Lipinski definition) is 4. The standard InChI is InChI=1S/C12H20N4/c1-4-10-6-5-9(3)16(10)11-7-8(2)14-12(13)15-11/h7,9-10H,4-6H2,1-3H3,(H2,13,14,15). The molecule has 2 atom stereocenters. The molecule has 0 saturated carbocycles. The summed E-state index contributed by atoms with van der Waals surface area (Å²) in [5.41, 5.74) is 6.65. The minimum Gasteiger partial charge on any atom is -0.368 e. The van der Waals surface area contributed by atoms with Crippen LogP contribution >= 0.6 is 0 Å². The van der Waals surface area contributed by atoms with Gasteiger partial charge in [-0.2, -0.15) is 4.98 Å². The molecule has 1 aliphatic rings. The molecule has 88 valence electrons. The Kier molecular flexibility index (Phi) is 2.99. The van der Waals surface area contributed by atoms with Crippen molar-refractivity contribution < 1.29 is 0 Å². The highest BCUT2D eigenvalue weighted by molar-refractivity contribution is 5.46. The number of nitrogen functional groups attached to an aromatic ring is 1. The van der Waals surface area contributed by atoms with Crippen LogP contribution in [0.3, 0.4) is 0 Å². The lowest BCUT2D eigenvalue weighted by molar-refractivity contribution is 0.620. The maximum atomic E-state index is 5.71. The Balaban J connectivity index is 2.34. The summed E-state index contributed by atoms with van der Waals surface area (Å²) in [5.74, 6) is 1.37. The summed E-state index contributed by atoms with van der Waals surface area (Å²) in [6, 6.07) is 3.18. The van der Waals surface area contributed by atoms with Gasteiger partial charge in [0.2, 0.25) is 5.95 Å². The second-order valence-corrected chi connectivity index (χ2v) is 4.62. The minimum atomic E-state index is 0.379. The Morgan fingerprint density at radius 3 is 2.81 bits per heavy atom. The molecule has 1 aliphatic heterocycles. The van der Waals surface area contributed by atoms with Crippen LogP contribution in [0.15, 0.2) is 6.07 Å². The highest BCUT2D eigenvalue weighted by atomic mass is 15.3. The summed E-state index contributed by atoms with van der Waals surface area (Å²) in [4.78, 5) is 10.9. The number of aromatic nitrogens is 2. The molecule has 0 bridgehead atoms. The SMILES string of the molecule is CCC1CCC(C)N1c1cc(C)nc(N)n1. The molecule has 2 unspecified atom stereocenters. The lowest BCUT2D eigenvalue weighted by Gasteiger charge is -2.29. The summed E-state index contributed by atoms with van der Waals surface area (Å²) >= 11 is 0. The van der Waals surface area contributed by atoms with E-state index >= 15 is 0 Å². The molecule has 1 aromatic rings. The molecule has 2 heterocycles. The highest BCUT2D eigenvalue weighted by Gasteiger charge is 2.30. The largest absolute Gasteiger partial charge is 0.368 e. The van der Waals surface area contributed by atoms with Crippen LogP contribution in [-0.2, 0) is 0 Å². The molecule has 0 radical (unpaired) electrons. The average molecular weight is 220 g/mol. The summed E-state index contributed by atoms with van der Waals surface area (Å²) in [7, 11) is 0. The minimum absolute atomic E-state index is 0.379. The van der Waals surface area contributed by atoms with Crippen molar-refractivity contribution in [2.24, 2.45) is 0 Å². The fraction of sp³-hybridized carbons (Fsp3) is 0.667. The predicted octanol–water partition coefficient (Wildman–Crippen LogP) is 2.13. The van der Waals surface area contributed by atoms with E-state index in [1.165, 1.54) is 12.8 Å². The van der Waals surface area contributed by atoms with Crippen molar-refractivity contribution >= 4 is 11.8 Å². The first-order chi connectivity index (χ1) is 7.61. The topological polar surface area (TPSA) is 55.0 Å². The third-order valence-electron chi connectivity index (χ3n) is 3.38.